The summed E-state index contributed by atoms with van der Waals surface area (Å²) in [6.07, 6.45) is 1.32. The summed E-state index contributed by atoms with van der Waals surface area (Å²) in [5.41, 5.74) is 0.997. The van der Waals surface area contributed by atoms with Gasteiger partial charge < -0.3 is 10.1 Å². The van der Waals surface area contributed by atoms with Crippen LogP contribution < -0.4 is 5.32 Å². The van der Waals surface area contributed by atoms with Gasteiger partial charge in [0.1, 0.15) is 0 Å². The Balaban J connectivity index is 2.07. The molecule has 1 aromatic carbocycles. The van der Waals surface area contributed by atoms with Crippen molar-refractivity contribution in [2.75, 3.05) is 11.9 Å². The number of rotatable bonds is 2. The number of benzene rings is 1. The Labute approximate surface area is 89.2 Å². The second-order valence-electron chi connectivity index (χ2n) is 3.60. The van der Waals surface area contributed by atoms with E-state index < -0.39 is 0 Å². The van der Waals surface area contributed by atoms with Crippen molar-refractivity contribution in [3.05, 3.63) is 29.3 Å². The minimum Gasteiger partial charge on any atom is -0.378 e. The van der Waals surface area contributed by atoms with Crippen LogP contribution in [0.4, 0.5) is 5.69 Å². The van der Waals surface area contributed by atoms with Gasteiger partial charge in [-0.3, -0.25) is 0 Å². The summed E-state index contributed by atoms with van der Waals surface area (Å²) < 4.78 is 5.47. The van der Waals surface area contributed by atoms with E-state index in [1.807, 2.05) is 24.3 Å². The minimum atomic E-state index is 0.270. The molecule has 0 aromatic heterocycles. The van der Waals surface area contributed by atoms with Crippen molar-refractivity contribution < 1.29 is 4.74 Å². The fourth-order valence-corrected chi connectivity index (χ4v) is 1.89. The molecule has 3 heteroatoms. The van der Waals surface area contributed by atoms with Crippen molar-refractivity contribution in [3.63, 3.8) is 0 Å². The highest BCUT2D eigenvalue weighted by molar-refractivity contribution is 6.33. The fourth-order valence-electron chi connectivity index (χ4n) is 1.70. The summed E-state index contributed by atoms with van der Waals surface area (Å²) in [5, 5.41) is 4.17. The molecule has 1 aliphatic rings. The molecule has 1 aromatic rings. The van der Waals surface area contributed by atoms with Crippen LogP contribution in [0.25, 0.3) is 0 Å². The highest BCUT2D eigenvalue weighted by Crippen LogP contribution is 2.24. The van der Waals surface area contributed by atoms with Gasteiger partial charge in [0.05, 0.1) is 22.9 Å². The third-order valence-corrected chi connectivity index (χ3v) is 2.92. The second kappa shape index (κ2) is 4.20. The third kappa shape index (κ3) is 2.02. The smallest absolute Gasteiger partial charge is 0.0748 e. The van der Waals surface area contributed by atoms with Crippen LogP contribution in [0, 0.1) is 0 Å². The highest BCUT2D eigenvalue weighted by Gasteiger charge is 2.24. The van der Waals surface area contributed by atoms with E-state index in [4.69, 9.17) is 16.3 Å². The molecule has 1 aliphatic heterocycles. The number of halogens is 1. The molecule has 2 rings (SSSR count). The van der Waals surface area contributed by atoms with Crippen molar-refractivity contribution >= 4 is 17.3 Å². The van der Waals surface area contributed by atoms with E-state index in [9.17, 15) is 0 Å². The summed E-state index contributed by atoms with van der Waals surface area (Å²) in [6.45, 7) is 2.92. The van der Waals surface area contributed by atoms with E-state index in [1.165, 1.54) is 0 Å². The average Bonchev–Trinajstić information content (AvgIpc) is 2.56. The standard InChI is InChI=1S/C11H14ClNO/c1-8-10(6-7-14-8)13-11-5-3-2-4-9(11)12/h2-5,8,10,13H,6-7H2,1H3/t8-,10-/m0/s1. The maximum Gasteiger partial charge on any atom is 0.0748 e. The molecule has 0 amide bonds. The van der Waals surface area contributed by atoms with Crippen LogP contribution in [-0.4, -0.2) is 18.8 Å². The lowest BCUT2D eigenvalue weighted by Crippen LogP contribution is -2.26. The predicted octanol–water partition coefficient (Wildman–Crippen LogP) is 2.93. The molecule has 1 saturated heterocycles. The first-order valence-corrected chi connectivity index (χ1v) is 5.28. The van der Waals surface area contributed by atoms with E-state index in [2.05, 4.69) is 12.2 Å². The van der Waals surface area contributed by atoms with Crippen LogP contribution in [0.2, 0.25) is 5.02 Å². The summed E-state index contributed by atoms with van der Waals surface area (Å²) in [6, 6.07) is 8.18. The van der Waals surface area contributed by atoms with E-state index in [0.717, 1.165) is 23.7 Å². The first kappa shape index (κ1) is 9.81. The number of ether oxygens (including phenoxy) is 1. The molecule has 0 saturated carbocycles. The summed E-state index contributed by atoms with van der Waals surface area (Å²) >= 11 is 6.05. The molecule has 76 valence electrons. The van der Waals surface area contributed by atoms with Gasteiger partial charge in [0.25, 0.3) is 0 Å². The molecule has 0 aliphatic carbocycles. The zero-order valence-corrected chi connectivity index (χ0v) is 8.92. The molecule has 1 fully saturated rings. The van der Waals surface area contributed by atoms with E-state index in [1.54, 1.807) is 0 Å². The normalized spacial score (nSPS) is 26.4. The van der Waals surface area contributed by atoms with Crippen molar-refractivity contribution in [1.29, 1.82) is 0 Å². The Hall–Kier alpha value is -0.730. The number of nitrogens with one attached hydrogen (secondary N) is 1. The Morgan fingerprint density at radius 1 is 1.43 bits per heavy atom. The van der Waals surface area contributed by atoms with Crippen LogP contribution in [0.15, 0.2) is 24.3 Å². The van der Waals surface area contributed by atoms with Crippen molar-refractivity contribution in [1.82, 2.24) is 0 Å². The Morgan fingerprint density at radius 3 is 2.86 bits per heavy atom. The molecule has 1 heterocycles. The van der Waals surface area contributed by atoms with Crippen LogP contribution in [-0.2, 0) is 4.74 Å². The Bertz CT molecular complexity index is 316. The quantitative estimate of drug-likeness (QED) is 0.812. The van der Waals surface area contributed by atoms with Crippen LogP contribution in [0.1, 0.15) is 13.3 Å². The maximum atomic E-state index is 6.05. The lowest BCUT2D eigenvalue weighted by Gasteiger charge is -2.18. The molecule has 2 atom stereocenters. The SMILES string of the molecule is C[C@@H]1OCC[C@@H]1Nc1ccccc1Cl. The number of anilines is 1. The summed E-state index contributed by atoms with van der Waals surface area (Å²) in [4.78, 5) is 0. The Morgan fingerprint density at radius 2 is 2.21 bits per heavy atom. The molecule has 14 heavy (non-hydrogen) atoms. The molecule has 1 N–H and O–H groups in total. The molecular formula is C11H14ClNO. The zero-order chi connectivity index (χ0) is 9.97. The first-order chi connectivity index (χ1) is 6.77. The predicted molar refractivity (Wildman–Crippen MR) is 58.9 cm³/mol. The third-order valence-electron chi connectivity index (χ3n) is 2.59. The second-order valence-corrected chi connectivity index (χ2v) is 4.00. The number of para-hydroxylation sites is 1. The fraction of sp³-hybridized carbons (Fsp3) is 0.455. The molecule has 0 unspecified atom stereocenters. The van der Waals surface area contributed by atoms with Gasteiger partial charge in [-0.25, -0.2) is 0 Å². The number of hydrogen-bond donors (Lipinski definition) is 1. The molecular weight excluding hydrogens is 198 g/mol. The van der Waals surface area contributed by atoms with Crippen molar-refractivity contribution in [3.8, 4) is 0 Å². The van der Waals surface area contributed by atoms with Gasteiger partial charge in [-0.15, -0.1) is 0 Å². The van der Waals surface area contributed by atoms with E-state index >= 15 is 0 Å². The average molecular weight is 212 g/mol. The van der Waals surface area contributed by atoms with Gasteiger partial charge in [-0.1, -0.05) is 23.7 Å². The van der Waals surface area contributed by atoms with E-state index in [-0.39, 0.29) is 6.10 Å². The molecule has 0 bridgehead atoms. The molecule has 0 spiro atoms. The summed E-state index contributed by atoms with van der Waals surface area (Å²) in [5.74, 6) is 0. The van der Waals surface area contributed by atoms with Crippen LogP contribution in [0.5, 0.6) is 0 Å². The molecule has 2 nitrogen and oxygen atoms in total. The largest absolute Gasteiger partial charge is 0.378 e. The van der Waals surface area contributed by atoms with E-state index in [0.29, 0.717) is 6.04 Å². The monoisotopic (exact) mass is 211 g/mol. The highest BCUT2D eigenvalue weighted by atomic mass is 35.5. The lowest BCUT2D eigenvalue weighted by atomic mass is 10.1. The van der Waals surface area contributed by atoms with Gasteiger partial charge >= 0.3 is 0 Å². The minimum absolute atomic E-state index is 0.270. The maximum absolute atomic E-state index is 6.05. The van der Waals surface area contributed by atoms with Gasteiger partial charge in [0.2, 0.25) is 0 Å². The van der Waals surface area contributed by atoms with Crippen molar-refractivity contribution in [2.45, 2.75) is 25.5 Å². The topological polar surface area (TPSA) is 21.3 Å². The number of hydrogen-bond acceptors (Lipinski definition) is 2. The summed E-state index contributed by atoms with van der Waals surface area (Å²) in [7, 11) is 0. The van der Waals surface area contributed by atoms with Gasteiger partial charge in [-0.2, -0.15) is 0 Å². The van der Waals surface area contributed by atoms with Crippen molar-refractivity contribution in [2.24, 2.45) is 0 Å². The van der Waals surface area contributed by atoms with Gasteiger partial charge in [-0.05, 0) is 25.5 Å². The van der Waals surface area contributed by atoms with Crippen LogP contribution >= 0.6 is 11.6 Å². The molecule has 0 radical (unpaired) electrons. The van der Waals surface area contributed by atoms with Gasteiger partial charge in [0.15, 0.2) is 0 Å². The lowest BCUT2D eigenvalue weighted by molar-refractivity contribution is 0.121. The van der Waals surface area contributed by atoms with Crippen LogP contribution in [0.3, 0.4) is 0 Å². The van der Waals surface area contributed by atoms with Gasteiger partial charge in [0, 0.05) is 6.61 Å². The zero-order valence-electron chi connectivity index (χ0n) is 8.16. The Kier molecular flexibility index (Phi) is 2.94. The first-order valence-electron chi connectivity index (χ1n) is 4.90.